The van der Waals surface area contributed by atoms with Crippen LogP contribution in [0.5, 0.6) is 0 Å². The van der Waals surface area contributed by atoms with Gasteiger partial charge in [0.1, 0.15) is 5.82 Å². The van der Waals surface area contributed by atoms with Gasteiger partial charge in [0.05, 0.1) is 11.4 Å². The lowest BCUT2D eigenvalue weighted by molar-refractivity contribution is -0.121. The van der Waals surface area contributed by atoms with Crippen molar-refractivity contribution >= 4 is 17.2 Å². The highest BCUT2D eigenvalue weighted by molar-refractivity contribution is 7.13. The third-order valence-electron chi connectivity index (χ3n) is 3.23. The Labute approximate surface area is 136 Å². The standard InChI is InChI=1S/C16H14FN3O2S/c17-12-5-2-1-4-11(12)7-8-14(21)18-10-15-19-16(20-22-15)13-6-3-9-23-13/h1-6,9H,7-8,10H2,(H,18,21). The summed E-state index contributed by atoms with van der Waals surface area (Å²) in [7, 11) is 0. The van der Waals surface area contributed by atoms with Crippen molar-refractivity contribution in [2.75, 3.05) is 0 Å². The molecule has 1 N–H and O–H groups in total. The first kappa shape index (κ1) is 15.4. The van der Waals surface area contributed by atoms with Gasteiger partial charge in [0.2, 0.25) is 17.6 Å². The van der Waals surface area contributed by atoms with Crippen molar-refractivity contribution in [3.63, 3.8) is 0 Å². The fourth-order valence-corrected chi connectivity index (χ4v) is 2.69. The molecule has 118 valence electrons. The number of amides is 1. The summed E-state index contributed by atoms with van der Waals surface area (Å²) in [4.78, 5) is 16.9. The van der Waals surface area contributed by atoms with E-state index in [1.807, 2.05) is 17.5 Å². The topological polar surface area (TPSA) is 68.0 Å². The summed E-state index contributed by atoms with van der Waals surface area (Å²) < 4.78 is 18.6. The van der Waals surface area contributed by atoms with E-state index in [2.05, 4.69) is 15.5 Å². The number of rotatable bonds is 6. The number of aromatic nitrogens is 2. The summed E-state index contributed by atoms with van der Waals surface area (Å²) in [5, 5.41) is 8.48. The van der Waals surface area contributed by atoms with Crippen LogP contribution >= 0.6 is 11.3 Å². The second kappa shape index (κ2) is 7.15. The highest BCUT2D eigenvalue weighted by atomic mass is 32.1. The van der Waals surface area contributed by atoms with Gasteiger partial charge in [-0.25, -0.2) is 4.39 Å². The van der Waals surface area contributed by atoms with Gasteiger partial charge in [-0.3, -0.25) is 4.79 Å². The highest BCUT2D eigenvalue weighted by Gasteiger charge is 2.11. The molecule has 0 radical (unpaired) electrons. The van der Waals surface area contributed by atoms with Crippen molar-refractivity contribution in [2.24, 2.45) is 0 Å². The van der Waals surface area contributed by atoms with E-state index >= 15 is 0 Å². The number of aryl methyl sites for hydroxylation is 1. The number of hydrogen-bond acceptors (Lipinski definition) is 5. The number of thiophene rings is 1. The van der Waals surface area contributed by atoms with Crippen LogP contribution in [0.2, 0.25) is 0 Å². The van der Waals surface area contributed by atoms with Gasteiger partial charge in [-0.1, -0.05) is 29.4 Å². The van der Waals surface area contributed by atoms with Gasteiger partial charge in [0.25, 0.3) is 0 Å². The lowest BCUT2D eigenvalue weighted by Gasteiger charge is -2.03. The van der Waals surface area contributed by atoms with E-state index in [-0.39, 0.29) is 24.7 Å². The molecule has 0 aliphatic carbocycles. The quantitative estimate of drug-likeness (QED) is 0.753. The third kappa shape index (κ3) is 4.01. The van der Waals surface area contributed by atoms with Gasteiger partial charge in [0.15, 0.2) is 0 Å². The Kier molecular flexibility index (Phi) is 4.77. The predicted molar refractivity (Wildman–Crippen MR) is 84.2 cm³/mol. The molecule has 23 heavy (non-hydrogen) atoms. The van der Waals surface area contributed by atoms with Gasteiger partial charge >= 0.3 is 0 Å². The van der Waals surface area contributed by atoms with E-state index < -0.39 is 0 Å². The summed E-state index contributed by atoms with van der Waals surface area (Å²) >= 11 is 1.51. The second-order valence-corrected chi connectivity index (χ2v) is 5.80. The van der Waals surface area contributed by atoms with Crippen LogP contribution in [-0.2, 0) is 17.8 Å². The van der Waals surface area contributed by atoms with Gasteiger partial charge in [-0.05, 0) is 29.5 Å². The van der Waals surface area contributed by atoms with Gasteiger partial charge in [0, 0.05) is 6.42 Å². The smallest absolute Gasteiger partial charge is 0.246 e. The Morgan fingerprint density at radius 3 is 2.91 bits per heavy atom. The van der Waals surface area contributed by atoms with Crippen LogP contribution in [0.4, 0.5) is 4.39 Å². The van der Waals surface area contributed by atoms with Crippen LogP contribution in [0.25, 0.3) is 10.7 Å². The fourth-order valence-electron chi connectivity index (χ4n) is 2.04. The van der Waals surface area contributed by atoms with Crippen molar-refractivity contribution in [3.05, 3.63) is 59.0 Å². The average Bonchev–Trinajstić information content (AvgIpc) is 3.23. The monoisotopic (exact) mass is 331 g/mol. The molecular weight excluding hydrogens is 317 g/mol. The molecule has 0 spiro atoms. The van der Waals surface area contributed by atoms with Crippen LogP contribution in [0.3, 0.4) is 0 Å². The molecule has 3 rings (SSSR count). The number of benzene rings is 1. The first-order valence-corrected chi connectivity index (χ1v) is 7.97. The molecule has 5 nitrogen and oxygen atoms in total. The van der Waals surface area contributed by atoms with Crippen molar-refractivity contribution in [1.82, 2.24) is 15.5 Å². The highest BCUT2D eigenvalue weighted by Crippen LogP contribution is 2.21. The fraction of sp³-hybridized carbons (Fsp3) is 0.188. The van der Waals surface area contributed by atoms with Crippen LogP contribution in [0.15, 0.2) is 46.3 Å². The summed E-state index contributed by atoms with van der Waals surface area (Å²) in [5.74, 6) is 0.366. The molecule has 0 aliphatic rings. The van der Waals surface area contributed by atoms with Crippen LogP contribution in [0, 0.1) is 5.82 Å². The maximum atomic E-state index is 13.5. The largest absolute Gasteiger partial charge is 0.347 e. The Hall–Kier alpha value is -2.54. The van der Waals surface area contributed by atoms with Crippen LogP contribution < -0.4 is 5.32 Å². The lowest BCUT2D eigenvalue weighted by Crippen LogP contribution is -2.23. The minimum atomic E-state index is -0.294. The van der Waals surface area contributed by atoms with E-state index in [1.165, 1.54) is 17.4 Å². The van der Waals surface area contributed by atoms with Crippen molar-refractivity contribution in [2.45, 2.75) is 19.4 Å². The Bertz CT molecular complexity index is 786. The van der Waals surface area contributed by atoms with Gasteiger partial charge in [-0.15, -0.1) is 11.3 Å². The number of nitrogens with one attached hydrogen (secondary N) is 1. The minimum absolute atomic E-state index is 0.161. The van der Waals surface area contributed by atoms with E-state index in [4.69, 9.17) is 4.52 Å². The van der Waals surface area contributed by atoms with Gasteiger partial charge in [-0.2, -0.15) is 4.98 Å². The number of halogens is 1. The van der Waals surface area contributed by atoms with Crippen molar-refractivity contribution < 1.29 is 13.7 Å². The van der Waals surface area contributed by atoms with E-state index in [0.29, 0.717) is 23.7 Å². The molecule has 2 aromatic heterocycles. The Balaban J connectivity index is 1.49. The summed E-state index contributed by atoms with van der Waals surface area (Å²) in [6.07, 6.45) is 0.551. The predicted octanol–water partition coefficient (Wildman–Crippen LogP) is 3.19. The molecule has 0 bridgehead atoms. The molecule has 1 aromatic carbocycles. The van der Waals surface area contributed by atoms with Gasteiger partial charge < -0.3 is 9.84 Å². The average molecular weight is 331 g/mol. The first-order valence-electron chi connectivity index (χ1n) is 7.09. The number of carbonyl (C=O) groups is 1. The second-order valence-electron chi connectivity index (χ2n) is 4.86. The molecule has 3 aromatic rings. The zero-order valence-corrected chi connectivity index (χ0v) is 13.0. The summed E-state index contributed by atoms with van der Waals surface area (Å²) in [6, 6.07) is 10.2. The first-order chi connectivity index (χ1) is 11.2. The maximum Gasteiger partial charge on any atom is 0.246 e. The van der Waals surface area contributed by atoms with E-state index in [0.717, 1.165) is 4.88 Å². The lowest BCUT2D eigenvalue weighted by atomic mass is 10.1. The molecule has 1 amide bonds. The zero-order valence-electron chi connectivity index (χ0n) is 12.2. The van der Waals surface area contributed by atoms with Crippen LogP contribution in [-0.4, -0.2) is 16.0 Å². The van der Waals surface area contributed by atoms with E-state index in [1.54, 1.807) is 18.2 Å². The molecule has 0 unspecified atom stereocenters. The molecule has 2 heterocycles. The molecular formula is C16H14FN3O2S. The zero-order chi connectivity index (χ0) is 16.1. The number of carbonyl (C=O) groups excluding carboxylic acids is 1. The SMILES string of the molecule is O=C(CCc1ccccc1F)NCc1nc(-c2cccs2)no1. The summed E-state index contributed by atoms with van der Waals surface area (Å²) in [6.45, 7) is 0.161. The van der Waals surface area contributed by atoms with Crippen molar-refractivity contribution in [3.8, 4) is 10.7 Å². The normalized spacial score (nSPS) is 10.7. The minimum Gasteiger partial charge on any atom is -0.347 e. The molecule has 0 saturated heterocycles. The van der Waals surface area contributed by atoms with E-state index in [9.17, 15) is 9.18 Å². The number of hydrogen-bond donors (Lipinski definition) is 1. The van der Waals surface area contributed by atoms with Crippen molar-refractivity contribution in [1.29, 1.82) is 0 Å². The third-order valence-corrected chi connectivity index (χ3v) is 4.09. The Morgan fingerprint density at radius 1 is 1.26 bits per heavy atom. The molecule has 0 aliphatic heterocycles. The van der Waals surface area contributed by atoms with Crippen LogP contribution in [0.1, 0.15) is 17.9 Å². The maximum absolute atomic E-state index is 13.5. The molecule has 0 atom stereocenters. The Morgan fingerprint density at radius 2 is 2.13 bits per heavy atom. The molecule has 7 heteroatoms. The summed E-state index contributed by atoms with van der Waals surface area (Å²) in [5.41, 5.74) is 0.528. The molecule has 0 saturated carbocycles. The molecule has 0 fully saturated rings. The number of nitrogens with zero attached hydrogens (tertiary/aromatic N) is 2.